The molecule has 0 atom stereocenters. The molecule has 1 aromatic heterocycles. The summed E-state index contributed by atoms with van der Waals surface area (Å²) in [7, 11) is 1.49. The summed E-state index contributed by atoms with van der Waals surface area (Å²) in [6.45, 7) is 0.540. The highest BCUT2D eigenvalue weighted by atomic mass is 16.5. The number of para-hydroxylation sites is 1. The topological polar surface area (TPSA) is 90.5 Å². The Morgan fingerprint density at radius 3 is 2.32 bits per heavy atom. The van der Waals surface area contributed by atoms with Crippen LogP contribution in [0.2, 0.25) is 0 Å². The number of ether oxygens (including phenoxy) is 1. The molecule has 7 nitrogen and oxygen atoms in total. The van der Waals surface area contributed by atoms with E-state index in [9.17, 15) is 9.59 Å². The second kappa shape index (κ2) is 8.85. The molecule has 2 N–H and O–H groups in total. The summed E-state index contributed by atoms with van der Waals surface area (Å²) < 4.78 is 6.97. The van der Waals surface area contributed by atoms with Crippen LogP contribution in [-0.2, 0) is 11.3 Å². The quantitative estimate of drug-likeness (QED) is 0.652. The fourth-order valence-electron chi connectivity index (χ4n) is 2.82. The van der Waals surface area contributed by atoms with Crippen molar-refractivity contribution >= 4 is 11.8 Å². The van der Waals surface area contributed by atoms with Gasteiger partial charge in [0.1, 0.15) is 0 Å². The van der Waals surface area contributed by atoms with Gasteiger partial charge in [0.05, 0.1) is 19.0 Å². The number of hydrogen-bond donors (Lipinski definition) is 1. The van der Waals surface area contributed by atoms with Crippen molar-refractivity contribution in [1.82, 2.24) is 14.7 Å². The summed E-state index contributed by atoms with van der Waals surface area (Å²) in [4.78, 5) is 26.0. The number of carbonyl (C=O) groups is 2. The van der Waals surface area contributed by atoms with Crippen LogP contribution in [0.5, 0.6) is 5.75 Å². The van der Waals surface area contributed by atoms with Crippen molar-refractivity contribution in [1.29, 1.82) is 0 Å². The third-order valence-corrected chi connectivity index (χ3v) is 4.26. The van der Waals surface area contributed by atoms with E-state index in [4.69, 9.17) is 10.5 Å². The zero-order valence-corrected chi connectivity index (χ0v) is 15.6. The molecule has 3 aromatic rings. The molecule has 0 aliphatic rings. The number of benzene rings is 2. The number of amides is 2. The first-order chi connectivity index (χ1) is 13.6. The van der Waals surface area contributed by atoms with E-state index >= 15 is 0 Å². The average molecular weight is 378 g/mol. The molecule has 0 spiro atoms. The van der Waals surface area contributed by atoms with Crippen LogP contribution in [-0.4, -0.2) is 40.1 Å². The minimum atomic E-state index is -0.465. The van der Waals surface area contributed by atoms with Crippen molar-refractivity contribution in [3.63, 3.8) is 0 Å². The standard InChI is InChI=1S/C21H22N4O3/c1-28-18-15-25(17-10-6-3-7-11-17)23-20(18)21(27)24(13-12-19(22)26)14-16-8-4-2-5-9-16/h2-11,15H,12-14H2,1H3,(H2,22,26). The number of carbonyl (C=O) groups excluding carboxylic acids is 2. The zero-order valence-electron chi connectivity index (χ0n) is 15.6. The average Bonchev–Trinajstić information content (AvgIpc) is 3.16. The van der Waals surface area contributed by atoms with Crippen LogP contribution in [0.1, 0.15) is 22.5 Å². The summed E-state index contributed by atoms with van der Waals surface area (Å²) in [6, 6.07) is 19.0. The van der Waals surface area contributed by atoms with Gasteiger partial charge in [-0.1, -0.05) is 48.5 Å². The second-order valence-corrected chi connectivity index (χ2v) is 6.25. The highest BCUT2D eigenvalue weighted by molar-refractivity contribution is 5.95. The van der Waals surface area contributed by atoms with Gasteiger partial charge in [-0.05, 0) is 17.7 Å². The molecule has 7 heteroatoms. The third kappa shape index (κ3) is 4.56. The molecule has 28 heavy (non-hydrogen) atoms. The number of aromatic nitrogens is 2. The Morgan fingerprint density at radius 2 is 1.71 bits per heavy atom. The fraction of sp³-hybridized carbons (Fsp3) is 0.190. The maximum Gasteiger partial charge on any atom is 0.278 e. The lowest BCUT2D eigenvalue weighted by Gasteiger charge is -2.21. The van der Waals surface area contributed by atoms with Crippen LogP contribution in [0.15, 0.2) is 66.9 Å². The van der Waals surface area contributed by atoms with Crippen molar-refractivity contribution in [3.8, 4) is 11.4 Å². The lowest BCUT2D eigenvalue weighted by Crippen LogP contribution is -2.34. The minimum Gasteiger partial charge on any atom is -0.493 e. The van der Waals surface area contributed by atoms with Crippen LogP contribution < -0.4 is 10.5 Å². The first-order valence-corrected chi connectivity index (χ1v) is 8.89. The lowest BCUT2D eigenvalue weighted by molar-refractivity contribution is -0.118. The molecule has 0 aliphatic carbocycles. The van der Waals surface area contributed by atoms with Crippen LogP contribution in [0, 0.1) is 0 Å². The molecule has 0 saturated heterocycles. The van der Waals surface area contributed by atoms with Crippen LogP contribution in [0.4, 0.5) is 0 Å². The van der Waals surface area contributed by atoms with E-state index in [0.29, 0.717) is 12.3 Å². The van der Waals surface area contributed by atoms with Gasteiger partial charge in [0.15, 0.2) is 11.4 Å². The van der Waals surface area contributed by atoms with E-state index in [-0.39, 0.29) is 24.6 Å². The molecule has 0 unspecified atom stereocenters. The fourth-order valence-corrected chi connectivity index (χ4v) is 2.82. The Morgan fingerprint density at radius 1 is 1.07 bits per heavy atom. The number of nitrogens with two attached hydrogens (primary N) is 1. The van der Waals surface area contributed by atoms with E-state index in [0.717, 1.165) is 11.3 Å². The van der Waals surface area contributed by atoms with Crippen molar-refractivity contribution < 1.29 is 14.3 Å². The van der Waals surface area contributed by atoms with Gasteiger partial charge >= 0.3 is 0 Å². The third-order valence-electron chi connectivity index (χ3n) is 4.26. The predicted molar refractivity (Wildman–Crippen MR) is 105 cm³/mol. The van der Waals surface area contributed by atoms with Gasteiger partial charge < -0.3 is 15.4 Å². The first kappa shape index (κ1) is 19.2. The molecule has 0 fully saturated rings. The van der Waals surface area contributed by atoms with Crippen LogP contribution >= 0.6 is 0 Å². The molecule has 144 valence electrons. The molecular formula is C21H22N4O3. The molecule has 2 aromatic carbocycles. The molecular weight excluding hydrogens is 356 g/mol. The summed E-state index contributed by atoms with van der Waals surface area (Å²) in [5.74, 6) is -0.421. The second-order valence-electron chi connectivity index (χ2n) is 6.25. The first-order valence-electron chi connectivity index (χ1n) is 8.89. The van der Waals surface area contributed by atoms with Gasteiger partial charge in [0, 0.05) is 19.5 Å². The Hall–Kier alpha value is -3.61. The number of rotatable bonds is 8. The van der Waals surface area contributed by atoms with Crippen molar-refractivity contribution in [2.45, 2.75) is 13.0 Å². The smallest absolute Gasteiger partial charge is 0.278 e. The lowest BCUT2D eigenvalue weighted by atomic mass is 10.2. The molecule has 0 aliphatic heterocycles. The van der Waals surface area contributed by atoms with Crippen molar-refractivity contribution in [2.75, 3.05) is 13.7 Å². The van der Waals surface area contributed by atoms with E-state index < -0.39 is 5.91 Å². The number of nitrogens with zero attached hydrogens (tertiary/aromatic N) is 3. The monoisotopic (exact) mass is 378 g/mol. The summed E-state index contributed by atoms with van der Waals surface area (Å²) in [5.41, 5.74) is 7.23. The van der Waals surface area contributed by atoms with Gasteiger partial charge in [0.2, 0.25) is 5.91 Å². The number of hydrogen-bond acceptors (Lipinski definition) is 4. The molecule has 0 radical (unpaired) electrons. The highest BCUT2D eigenvalue weighted by Crippen LogP contribution is 2.22. The number of primary amides is 1. The Kier molecular flexibility index (Phi) is 6.06. The van der Waals surface area contributed by atoms with Crippen molar-refractivity contribution in [3.05, 3.63) is 78.1 Å². The zero-order chi connectivity index (χ0) is 19.9. The molecule has 1 heterocycles. The minimum absolute atomic E-state index is 0.0697. The summed E-state index contributed by atoms with van der Waals surface area (Å²) in [5, 5.41) is 4.43. The van der Waals surface area contributed by atoms with Gasteiger partial charge in [-0.15, -0.1) is 0 Å². The van der Waals surface area contributed by atoms with E-state index in [1.165, 1.54) is 7.11 Å². The largest absolute Gasteiger partial charge is 0.493 e. The molecule has 3 rings (SSSR count). The maximum absolute atomic E-state index is 13.2. The Balaban J connectivity index is 1.90. The van der Waals surface area contributed by atoms with Gasteiger partial charge in [-0.3, -0.25) is 9.59 Å². The maximum atomic E-state index is 13.2. The molecule has 0 saturated carbocycles. The van der Waals surface area contributed by atoms with Crippen LogP contribution in [0.25, 0.3) is 5.69 Å². The number of methoxy groups -OCH3 is 1. The molecule has 2 amide bonds. The van der Waals surface area contributed by atoms with E-state index in [2.05, 4.69) is 5.10 Å². The predicted octanol–water partition coefficient (Wildman–Crippen LogP) is 2.40. The Labute approximate surface area is 163 Å². The van der Waals surface area contributed by atoms with Gasteiger partial charge in [-0.2, -0.15) is 5.10 Å². The van der Waals surface area contributed by atoms with E-state index in [1.54, 1.807) is 15.8 Å². The summed E-state index contributed by atoms with van der Waals surface area (Å²) in [6.07, 6.45) is 1.73. The van der Waals surface area contributed by atoms with E-state index in [1.807, 2.05) is 60.7 Å². The van der Waals surface area contributed by atoms with Crippen LogP contribution in [0.3, 0.4) is 0 Å². The van der Waals surface area contributed by atoms with Crippen molar-refractivity contribution in [2.24, 2.45) is 5.73 Å². The van der Waals surface area contributed by atoms with Gasteiger partial charge in [-0.25, -0.2) is 4.68 Å². The normalized spacial score (nSPS) is 10.5. The Bertz CT molecular complexity index is 939. The SMILES string of the molecule is COc1cn(-c2ccccc2)nc1C(=O)N(CCC(N)=O)Cc1ccccc1. The highest BCUT2D eigenvalue weighted by Gasteiger charge is 2.24. The molecule has 0 bridgehead atoms. The summed E-state index contributed by atoms with van der Waals surface area (Å²) >= 11 is 0. The van der Waals surface area contributed by atoms with Gasteiger partial charge in [0.25, 0.3) is 5.91 Å².